The third-order valence-corrected chi connectivity index (χ3v) is 4.92. The Morgan fingerprint density at radius 1 is 1.26 bits per heavy atom. The lowest BCUT2D eigenvalue weighted by Crippen LogP contribution is -2.34. The van der Waals surface area contributed by atoms with Gasteiger partial charge in [-0.2, -0.15) is 0 Å². The molecule has 3 heterocycles. The van der Waals surface area contributed by atoms with E-state index in [1.54, 1.807) is 11.3 Å². The number of amides is 1. The first-order valence-electron chi connectivity index (χ1n) is 7.83. The van der Waals surface area contributed by atoms with E-state index in [-0.39, 0.29) is 17.9 Å². The fraction of sp³-hybridized carbons (Fsp3) is 0.500. The zero-order chi connectivity index (χ0) is 16.6. The van der Waals surface area contributed by atoms with Crippen molar-refractivity contribution in [3.05, 3.63) is 33.2 Å². The summed E-state index contributed by atoms with van der Waals surface area (Å²) < 4.78 is 0. The van der Waals surface area contributed by atoms with Crippen molar-refractivity contribution < 1.29 is 4.79 Å². The predicted molar refractivity (Wildman–Crippen MR) is 91.0 cm³/mol. The Morgan fingerprint density at radius 3 is 2.70 bits per heavy atom. The third kappa shape index (κ3) is 3.19. The lowest BCUT2D eigenvalue weighted by atomic mass is 10.0. The molecule has 0 fully saturated rings. The van der Waals surface area contributed by atoms with Crippen LogP contribution >= 0.6 is 11.3 Å². The van der Waals surface area contributed by atoms with Crippen LogP contribution in [0.5, 0.6) is 0 Å². The molecule has 2 N–H and O–H groups in total. The van der Waals surface area contributed by atoms with Crippen LogP contribution in [0.25, 0.3) is 0 Å². The topological polar surface area (TPSA) is 79.8 Å². The average Bonchev–Trinajstić information content (AvgIpc) is 2.94. The summed E-state index contributed by atoms with van der Waals surface area (Å²) in [5.74, 6) is 1.49. The van der Waals surface area contributed by atoms with Gasteiger partial charge in [0, 0.05) is 29.1 Å². The Hall–Kier alpha value is -2.02. The van der Waals surface area contributed by atoms with Crippen molar-refractivity contribution in [2.45, 2.75) is 46.1 Å². The summed E-state index contributed by atoms with van der Waals surface area (Å²) in [6.45, 7) is 8.72. The van der Waals surface area contributed by atoms with Crippen LogP contribution in [0.15, 0.2) is 5.38 Å². The summed E-state index contributed by atoms with van der Waals surface area (Å²) in [5, 5.41) is 9.34. The molecule has 1 unspecified atom stereocenters. The van der Waals surface area contributed by atoms with E-state index < -0.39 is 0 Å². The second kappa shape index (κ2) is 6.23. The molecule has 3 rings (SSSR count). The third-order valence-electron chi connectivity index (χ3n) is 3.78. The average molecular weight is 331 g/mol. The molecule has 1 amide bonds. The SMILES string of the molecule is Cc1csc(C(C)Nc2nc(C(C)C)nc3c2CCNC3=O)n1. The monoisotopic (exact) mass is 331 g/mol. The Morgan fingerprint density at radius 2 is 2.04 bits per heavy atom. The molecule has 0 radical (unpaired) electrons. The van der Waals surface area contributed by atoms with Gasteiger partial charge in [0.2, 0.25) is 0 Å². The number of fused-ring (bicyclic) bond motifs is 1. The molecular weight excluding hydrogens is 310 g/mol. The molecule has 6 nitrogen and oxygen atoms in total. The number of aromatic nitrogens is 3. The molecule has 23 heavy (non-hydrogen) atoms. The van der Waals surface area contributed by atoms with Crippen molar-refractivity contribution in [1.82, 2.24) is 20.3 Å². The van der Waals surface area contributed by atoms with E-state index in [2.05, 4.69) is 32.5 Å². The smallest absolute Gasteiger partial charge is 0.270 e. The maximum atomic E-state index is 12.1. The zero-order valence-corrected chi connectivity index (χ0v) is 14.6. The van der Waals surface area contributed by atoms with Gasteiger partial charge in [-0.05, 0) is 20.3 Å². The quantitative estimate of drug-likeness (QED) is 0.900. The highest BCUT2D eigenvalue weighted by atomic mass is 32.1. The van der Waals surface area contributed by atoms with Crippen LogP contribution in [-0.2, 0) is 6.42 Å². The van der Waals surface area contributed by atoms with Crippen LogP contribution in [0.3, 0.4) is 0 Å². The number of thiazole rings is 1. The van der Waals surface area contributed by atoms with E-state index in [9.17, 15) is 4.79 Å². The number of hydrogen-bond donors (Lipinski definition) is 2. The fourth-order valence-corrected chi connectivity index (χ4v) is 3.33. The van der Waals surface area contributed by atoms with Crippen molar-refractivity contribution in [2.75, 3.05) is 11.9 Å². The normalized spacial score (nSPS) is 15.3. The number of carbonyl (C=O) groups is 1. The van der Waals surface area contributed by atoms with Crippen molar-refractivity contribution in [2.24, 2.45) is 0 Å². The van der Waals surface area contributed by atoms with E-state index in [1.165, 1.54) is 0 Å². The Kier molecular flexibility index (Phi) is 4.30. The zero-order valence-electron chi connectivity index (χ0n) is 13.8. The van der Waals surface area contributed by atoms with Crippen molar-refractivity contribution >= 4 is 23.1 Å². The Labute approximate surface area is 139 Å². The maximum Gasteiger partial charge on any atom is 0.270 e. The first kappa shape index (κ1) is 15.9. The largest absolute Gasteiger partial charge is 0.361 e. The molecule has 7 heteroatoms. The van der Waals surface area contributed by atoms with Crippen LogP contribution in [0.2, 0.25) is 0 Å². The lowest BCUT2D eigenvalue weighted by molar-refractivity contribution is 0.0940. The molecule has 0 spiro atoms. The second-order valence-corrected chi connectivity index (χ2v) is 7.00. The number of anilines is 1. The minimum atomic E-state index is -0.114. The van der Waals surface area contributed by atoms with Gasteiger partial charge >= 0.3 is 0 Å². The first-order valence-corrected chi connectivity index (χ1v) is 8.71. The van der Waals surface area contributed by atoms with Gasteiger partial charge in [0.25, 0.3) is 5.91 Å². The molecule has 0 aliphatic carbocycles. The molecule has 122 valence electrons. The van der Waals surface area contributed by atoms with Gasteiger partial charge in [0.05, 0.1) is 6.04 Å². The summed E-state index contributed by atoms with van der Waals surface area (Å²) >= 11 is 1.63. The minimum absolute atomic E-state index is 0.0395. The van der Waals surface area contributed by atoms with Gasteiger partial charge in [-0.3, -0.25) is 4.79 Å². The summed E-state index contributed by atoms with van der Waals surface area (Å²) in [6, 6.07) is 0.0395. The molecule has 2 aromatic heterocycles. The standard InChI is InChI=1S/C16H21N5OS/c1-8(2)13-20-12-11(5-6-17-15(12)22)14(21-13)19-10(4)16-18-9(3)7-23-16/h7-8,10H,5-6H2,1-4H3,(H,17,22)(H,19,20,21). The molecule has 0 bridgehead atoms. The second-order valence-electron chi connectivity index (χ2n) is 6.11. The van der Waals surface area contributed by atoms with Gasteiger partial charge in [-0.1, -0.05) is 13.8 Å². The van der Waals surface area contributed by atoms with E-state index in [0.717, 1.165) is 28.5 Å². The molecule has 0 saturated carbocycles. The van der Waals surface area contributed by atoms with E-state index in [0.29, 0.717) is 18.1 Å². The van der Waals surface area contributed by atoms with Crippen LogP contribution in [0.4, 0.5) is 5.82 Å². The van der Waals surface area contributed by atoms with Crippen LogP contribution in [-0.4, -0.2) is 27.4 Å². The Bertz CT molecular complexity index is 740. The van der Waals surface area contributed by atoms with Gasteiger partial charge in [-0.15, -0.1) is 11.3 Å². The highest BCUT2D eigenvalue weighted by Crippen LogP contribution is 2.27. The van der Waals surface area contributed by atoms with E-state index in [4.69, 9.17) is 0 Å². The number of aryl methyl sites for hydroxylation is 1. The lowest BCUT2D eigenvalue weighted by Gasteiger charge is -2.22. The summed E-state index contributed by atoms with van der Waals surface area (Å²) in [5.41, 5.74) is 2.42. The maximum absolute atomic E-state index is 12.1. The van der Waals surface area contributed by atoms with Crippen molar-refractivity contribution in [3.63, 3.8) is 0 Å². The predicted octanol–water partition coefficient (Wildman–Crippen LogP) is 2.82. The molecule has 1 atom stereocenters. The summed E-state index contributed by atoms with van der Waals surface area (Å²) in [4.78, 5) is 25.8. The molecule has 2 aromatic rings. The number of carbonyl (C=O) groups excluding carboxylic acids is 1. The molecular formula is C16H21N5OS. The highest BCUT2D eigenvalue weighted by molar-refractivity contribution is 7.09. The molecule has 0 saturated heterocycles. The fourth-order valence-electron chi connectivity index (χ4n) is 2.53. The van der Waals surface area contributed by atoms with Gasteiger partial charge < -0.3 is 10.6 Å². The van der Waals surface area contributed by atoms with Crippen molar-refractivity contribution in [3.8, 4) is 0 Å². The number of hydrogen-bond acceptors (Lipinski definition) is 6. The Balaban J connectivity index is 1.98. The van der Waals surface area contributed by atoms with Gasteiger partial charge in [-0.25, -0.2) is 15.0 Å². The minimum Gasteiger partial charge on any atom is -0.361 e. The van der Waals surface area contributed by atoms with E-state index in [1.807, 2.05) is 26.2 Å². The molecule has 1 aliphatic rings. The van der Waals surface area contributed by atoms with Crippen LogP contribution in [0, 0.1) is 6.92 Å². The van der Waals surface area contributed by atoms with Gasteiger partial charge in [0.1, 0.15) is 22.3 Å². The molecule has 0 aromatic carbocycles. The number of rotatable bonds is 4. The van der Waals surface area contributed by atoms with E-state index >= 15 is 0 Å². The van der Waals surface area contributed by atoms with Gasteiger partial charge in [0.15, 0.2) is 0 Å². The first-order chi connectivity index (χ1) is 11.0. The summed E-state index contributed by atoms with van der Waals surface area (Å²) in [7, 11) is 0. The molecule has 1 aliphatic heterocycles. The van der Waals surface area contributed by atoms with Crippen LogP contribution < -0.4 is 10.6 Å². The van der Waals surface area contributed by atoms with Crippen LogP contribution in [0.1, 0.15) is 65.3 Å². The number of nitrogens with zero attached hydrogens (tertiary/aromatic N) is 3. The number of nitrogens with one attached hydrogen (secondary N) is 2. The highest BCUT2D eigenvalue weighted by Gasteiger charge is 2.25. The van der Waals surface area contributed by atoms with Crippen molar-refractivity contribution in [1.29, 1.82) is 0 Å². The summed E-state index contributed by atoms with van der Waals surface area (Å²) in [6.07, 6.45) is 0.741.